The van der Waals surface area contributed by atoms with Crippen molar-refractivity contribution in [3.8, 4) is 0 Å². The topological polar surface area (TPSA) is 113 Å². The number of halogens is 3. The van der Waals surface area contributed by atoms with E-state index in [9.17, 15) is 18.0 Å². The van der Waals surface area contributed by atoms with Gasteiger partial charge in [-0.05, 0) is 23.9 Å². The van der Waals surface area contributed by atoms with Crippen LogP contribution in [-0.4, -0.2) is 60.9 Å². The van der Waals surface area contributed by atoms with Crippen LogP contribution in [0.2, 0.25) is 0 Å². The lowest BCUT2D eigenvalue weighted by atomic mass is 10.1. The molecule has 1 unspecified atom stereocenters. The molecule has 1 atom stereocenters. The molecular weight excluding hydrogens is 461 g/mol. The summed E-state index contributed by atoms with van der Waals surface area (Å²) in [6, 6.07) is 6.59. The van der Waals surface area contributed by atoms with Crippen LogP contribution in [0.1, 0.15) is 33.5 Å². The van der Waals surface area contributed by atoms with Gasteiger partial charge in [-0.2, -0.15) is 18.3 Å². The second-order valence-electron chi connectivity index (χ2n) is 7.11. The maximum absolute atomic E-state index is 12.1. The van der Waals surface area contributed by atoms with Crippen molar-refractivity contribution in [2.75, 3.05) is 13.1 Å². The summed E-state index contributed by atoms with van der Waals surface area (Å²) in [4.78, 5) is 32.8. The molecule has 1 amide bonds. The fourth-order valence-corrected chi connectivity index (χ4v) is 4.03. The lowest BCUT2D eigenvalue weighted by molar-refractivity contribution is -0.192. The van der Waals surface area contributed by atoms with Crippen LogP contribution in [0.4, 0.5) is 13.2 Å². The first-order chi connectivity index (χ1) is 15.7. The Kier molecular flexibility index (Phi) is 8.11. The van der Waals surface area contributed by atoms with Gasteiger partial charge in [0.1, 0.15) is 5.69 Å². The number of aliphatic carboxylic acids is 1. The highest BCUT2D eigenvalue weighted by molar-refractivity contribution is 7.09. The largest absolute Gasteiger partial charge is 0.490 e. The number of carboxylic acid groups (broad SMARTS) is 1. The van der Waals surface area contributed by atoms with Crippen molar-refractivity contribution in [1.82, 2.24) is 30.0 Å². The van der Waals surface area contributed by atoms with Gasteiger partial charge in [0.05, 0.1) is 17.9 Å². The number of nitrogens with zero attached hydrogens (tertiary/aromatic N) is 5. The number of nitrogens with one attached hydrogen (secondary N) is 1. The minimum Gasteiger partial charge on any atom is -0.475 e. The second kappa shape index (κ2) is 11.0. The molecule has 4 rings (SSSR count). The Labute approximate surface area is 190 Å². The minimum absolute atomic E-state index is 0.190. The number of fused-ring (bicyclic) bond motifs is 1. The van der Waals surface area contributed by atoms with Crippen LogP contribution >= 0.6 is 11.3 Å². The van der Waals surface area contributed by atoms with Crippen molar-refractivity contribution in [3.05, 3.63) is 64.6 Å². The molecule has 13 heteroatoms. The number of thiophene rings is 1. The summed E-state index contributed by atoms with van der Waals surface area (Å²) < 4.78 is 33.8. The van der Waals surface area contributed by atoms with Crippen molar-refractivity contribution in [2.45, 2.75) is 31.7 Å². The Morgan fingerprint density at radius 1 is 1.24 bits per heavy atom. The summed E-state index contributed by atoms with van der Waals surface area (Å²) in [5, 5.41) is 16.7. The van der Waals surface area contributed by atoms with Gasteiger partial charge in [0.25, 0.3) is 5.91 Å². The van der Waals surface area contributed by atoms with Crippen LogP contribution < -0.4 is 5.32 Å². The molecule has 176 valence electrons. The zero-order chi connectivity index (χ0) is 23.8. The average Bonchev–Trinajstić information content (AvgIpc) is 3.46. The molecule has 0 fully saturated rings. The van der Waals surface area contributed by atoms with Gasteiger partial charge in [-0.15, -0.1) is 11.3 Å². The van der Waals surface area contributed by atoms with Crippen molar-refractivity contribution in [1.29, 1.82) is 0 Å². The number of hydrogen-bond donors (Lipinski definition) is 2. The highest BCUT2D eigenvalue weighted by atomic mass is 32.1. The van der Waals surface area contributed by atoms with Gasteiger partial charge in [-0.3, -0.25) is 19.4 Å². The first kappa shape index (κ1) is 24.3. The summed E-state index contributed by atoms with van der Waals surface area (Å²) in [5.74, 6) is -2.95. The maximum Gasteiger partial charge on any atom is 0.490 e. The van der Waals surface area contributed by atoms with Crippen molar-refractivity contribution >= 4 is 23.2 Å². The van der Waals surface area contributed by atoms with E-state index in [-0.39, 0.29) is 11.9 Å². The number of alkyl halides is 3. The highest BCUT2D eigenvalue weighted by Crippen LogP contribution is 2.25. The summed E-state index contributed by atoms with van der Waals surface area (Å²) >= 11 is 1.79. The van der Waals surface area contributed by atoms with Gasteiger partial charge in [0.15, 0.2) is 0 Å². The van der Waals surface area contributed by atoms with E-state index in [1.165, 1.54) is 23.0 Å². The molecule has 0 saturated heterocycles. The van der Waals surface area contributed by atoms with E-state index >= 15 is 0 Å². The molecule has 0 aromatic carbocycles. The fourth-order valence-electron chi connectivity index (χ4n) is 3.28. The quantitative estimate of drug-likeness (QED) is 0.555. The van der Waals surface area contributed by atoms with E-state index in [0.29, 0.717) is 12.2 Å². The van der Waals surface area contributed by atoms with E-state index in [2.05, 4.69) is 53.5 Å². The number of hydrogen-bond acceptors (Lipinski definition) is 7. The van der Waals surface area contributed by atoms with E-state index in [4.69, 9.17) is 9.90 Å². The summed E-state index contributed by atoms with van der Waals surface area (Å²) in [7, 11) is 0. The van der Waals surface area contributed by atoms with Crippen molar-refractivity contribution in [2.24, 2.45) is 0 Å². The molecule has 0 saturated carbocycles. The van der Waals surface area contributed by atoms with E-state index in [0.717, 1.165) is 26.1 Å². The van der Waals surface area contributed by atoms with Gasteiger partial charge in [-0.1, -0.05) is 6.07 Å². The van der Waals surface area contributed by atoms with Gasteiger partial charge < -0.3 is 10.4 Å². The van der Waals surface area contributed by atoms with Crippen LogP contribution in [0.25, 0.3) is 0 Å². The van der Waals surface area contributed by atoms with Gasteiger partial charge >= 0.3 is 12.1 Å². The van der Waals surface area contributed by atoms with E-state index in [1.807, 2.05) is 6.20 Å². The van der Waals surface area contributed by atoms with Gasteiger partial charge in [0.2, 0.25) is 0 Å². The minimum atomic E-state index is -5.08. The number of rotatable bonds is 6. The Bertz CT molecular complexity index is 1040. The number of carboxylic acids is 1. The predicted octanol–water partition coefficient (Wildman–Crippen LogP) is 2.74. The molecule has 0 bridgehead atoms. The Morgan fingerprint density at radius 3 is 2.67 bits per heavy atom. The molecule has 0 aliphatic carbocycles. The number of aromatic nitrogens is 4. The second-order valence-corrected chi connectivity index (χ2v) is 8.14. The smallest absolute Gasteiger partial charge is 0.475 e. The summed E-state index contributed by atoms with van der Waals surface area (Å²) in [6.07, 6.45) is 2.15. The molecular formula is C20H21F3N6O3S. The van der Waals surface area contributed by atoms with Crippen molar-refractivity contribution < 1.29 is 27.9 Å². The molecule has 0 radical (unpaired) electrons. The monoisotopic (exact) mass is 482 g/mol. The third kappa shape index (κ3) is 7.08. The number of carbonyl (C=O) groups is 2. The molecule has 4 heterocycles. The van der Waals surface area contributed by atoms with Crippen LogP contribution in [0.5, 0.6) is 0 Å². The third-order valence-electron chi connectivity index (χ3n) is 4.71. The lowest BCUT2D eigenvalue weighted by Gasteiger charge is -2.33. The summed E-state index contributed by atoms with van der Waals surface area (Å²) in [6.45, 7) is 3.35. The molecule has 9 nitrogen and oxygen atoms in total. The first-order valence-corrected chi connectivity index (χ1v) is 10.7. The highest BCUT2D eigenvalue weighted by Gasteiger charge is 2.38. The van der Waals surface area contributed by atoms with E-state index in [1.54, 1.807) is 17.5 Å². The third-order valence-corrected chi connectivity index (χ3v) is 5.57. The Hall–Kier alpha value is -3.32. The Balaban J connectivity index is 0.000000383. The zero-order valence-corrected chi connectivity index (χ0v) is 18.1. The standard InChI is InChI=1S/C18H20N6OS.C2HF3O2/c25-18(17-10-19-7-8-20-17)21-5-3-14-11-23(13-16-2-1-9-26-16)12-15-4-6-22-24(14)15;3-2(4,5)1(6)7/h1-2,4,6-10,14H,3,5,11-13H2,(H,21,25);(H,6,7). The normalized spacial score (nSPS) is 15.8. The molecule has 1 aliphatic rings. The molecule has 3 aromatic heterocycles. The SMILES string of the molecule is O=C(NCCC1CN(Cc2cccs2)Cc2ccnn21)c1cnccn1.O=C(O)C(F)(F)F. The molecule has 3 aromatic rings. The number of amides is 1. The van der Waals surface area contributed by atoms with Crippen LogP contribution in [0, 0.1) is 0 Å². The van der Waals surface area contributed by atoms with Crippen LogP contribution in [0.3, 0.4) is 0 Å². The van der Waals surface area contributed by atoms with Gasteiger partial charge in [-0.25, -0.2) is 9.78 Å². The first-order valence-electron chi connectivity index (χ1n) is 9.85. The molecule has 0 spiro atoms. The molecule has 33 heavy (non-hydrogen) atoms. The Morgan fingerprint density at radius 2 is 2.03 bits per heavy atom. The predicted molar refractivity (Wildman–Crippen MR) is 112 cm³/mol. The average molecular weight is 482 g/mol. The van der Waals surface area contributed by atoms with Gasteiger partial charge in [0, 0.05) is 49.6 Å². The fraction of sp³-hybridized carbons (Fsp3) is 0.350. The van der Waals surface area contributed by atoms with Crippen molar-refractivity contribution in [3.63, 3.8) is 0 Å². The van der Waals surface area contributed by atoms with Crippen LogP contribution in [-0.2, 0) is 17.9 Å². The summed E-state index contributed by atoms with van der Waals surface area (Å²) in [5.41, 5.74) is 1.56. The van der Waals surface area contributed by atoms with E-state index < -0.39 is 12.1 Å². The zero-order valence-electron chi connectivity index (χ0n) is 17.3. The molecule has 1 aliphatic heterocycles. The lowest BCUT2D eigenvalue weighted by Crippen LogP contribution is -2.38. The maximum atomic E-state index is 12.1. The van der Waals surface area contributed by atoms with Crippen LogP contribution in [0.15, 0.2) is 48.4 Å². The number of carbonyl (C=O) groups excluding carboxylic acids is 1. The molecule has 2 N–H and O–H groups in total.